The number of hydrogen-bond donors (Lipinski definition) is 1. The second-order valence-corrected chi connectivity index (χ2v) is 5.65. The van der Waals surface area contributed by atoms with Gasteiger partial charge in [0.05, 0.1) is 7.11 Å². The molecule has 0 spiro atoms. The Balaban J connectivity index is 2.74. The van der Waals surface area contributed by atoms with Crippen LogP contribution in [0.5, 0.6) is 0 Å². The minimum absolute atomic E-state index is 0.176. The van der Waals surface area contributed by atoms with Gasteiger partial charge in [0, 0.05) is 27.2 Å². The Morgan fingerprint density at radius 1 is 1.19 bits per heavy atom. The van der Waals surface area contributed by atoms with Crippen LogP contribution in [-0.4, -0.2) is 62.2 Å². The quantitative estimate of drug-likeness (QED) is 0.592. The average Bonchev–Trinajstić information content (AvgIpc) is 2.45. The molecule has 1 rings (SSSR count). The van der Waals surface area contributed by atoms with E-state index in [2.05, 4.69) is 22.0 Å². The standard InChI is InChI=1S/C14H26N4O3/c1-10-8-6-7-9-11(10)15-13(19)18(4)12(17(2)3)16-14(20)21-5/h10-11H,6-9H2,1-5H3,(H,15,19). The van der Waals surface area contributed by atoms with E-state index in [1.807, 2.05) is 0 Å². The molecule has 2 unspecified atom stereocenters. The van der Waals surface area contributed by atoms with E-state index in [0.717, 1.165) is 19.3 Å². The monoisotopic (exact) mass is 298 g/mol. The lowest BCUT2D eigenvalue weighted by atomic mass is 9.86. The number of amides is 3. The molecule has 120 valence electrons. The number of urea groups is 1. The molecule has 0 heterocycles. The first-order chi connectivity index (χ1) is 9.86. The molecular weight excluding hydrogens is 272 g/mol. The van der Waals surface area contributed by atoms with Crippen molar-refractivity contribution in [3.05, 3.63) is 0 Å². The second kappa shape index (κ2) is 7.85. The van der Waals surface area contributed by atoms with E-state index in [1.54, 1.807) is 26.0 Å². The lowest BCUT2D eigenvalue weighted by molar-refractivity contribution is 0.181. The lowest BCUT2D eigenvalue weighted by Gasteiger charge is -2.32. The summed E-state index contributed by atoms with van der Waals surface area (Å²) >= 11 is 0. The molecule has 1 aliphatic carbocycles. The molecule has 21 heavy (non-hydrogen) atoms. The van der Waals surface area contributed by atoms with Crippen LogP contribution in [-0.2, 0) is 4.74 Å². The molecule has 0 bridgehead atoms. The highest BCUT2D eigenvalue weighted by molar-refractivity contribution is 5.99. The molecule has 0 aromatic heterocycles. The Morgan fingerprint density at radius 2 is 1.81 bits per heavy atom. The zero-order valence-corrected chi connectivity index (χ0v) is 13.5. The van der Waals surface area contributed by atoms with Crippen LogP contribution >= 0.6 is 0 Å². The van der Waals surface area contributed by atoms with Crippen LogP contribution in [0.25, 0.3) is 0 Å². The number of guanidine groups is 1. The van der Waals surface area contributed by atoms with Gasteiger partial charge in [-0.2, -0.15) is 0 Å². The predicted octanol–water partition coefficient (Wildman–Crippen LogP) is 1.89. The van der Waals surface area contributed by atoms with Crippen molar-refractivity contribution in [3.63, 3.8) is 0 Å². The molecule has 0 aliphatic heterocycles. The number of carbonyl (C=O) groups excluding carboxylic acids is 2. The van der Waals surface area contributed by atoms with Gasteiger partial charge in [-0.15, -0.1) is 4.99 Å². The van der Waals surface area contributed by atoms with Crippen molar-refractivity contribution in [1.29, 1.82) is 0 Å². The summed E-state index contributed by atoms with van der Waals surface area (Å²) in [7, 11) is 6.27. The van der Waals surface area contributed by atoms with Crippen LogP contribution < -0.4 is 5.32 Å². The number of hydrogen-bond acceptors (Lipinski definition) is 3. The van der Waals surface area contributed by atoms with Crippen LogP contribution in [0, 0.1) is 5.92 Å². The van der Waals surface area contributed by atoms with Gasteiger partial charge in [0.15, 0.2) is 0 Å². The van der Waals surface area contributed by atoms with Crippen LogP contribution in [0.1, 0.15) is 32.6 Å². The van der Waals surface area contributed by atoms with Crippen molar-refractivity contribution in [2.75, 3.05) is 28.3 Å². The molecule has 1 aliphatic rings. The highest BCUT2D eigenvalue weighted by Gasteiger charge is 2.26. The van der Waals surface area contributed by atoms with Crippen molar-refractivity contribution in [1.82, 2.24) is 15.1 Å². The van der Waals surface area contributed by atoms with Gasteiger partial charge in [0.25, 0.3) is 0 Å². The minimum Gasteiger partial charge on any atom is -0.451 e. The lowest BCUT2D eigenvalue weighted by Crippen LogP contribution is -2.51. The highest BCUT2D eigenvalue weighted by Crippen LogP contribution is 2.23. The molecular formula is C14H26N4O3. The van der Waals surface area contributed by atoms with E-state index in [1.165, 1.54) is 18.4 Å². The maximum Gasteiger partial charge on any atom is 0.436 e. The van der Waals surface area contributed by atoms with Gasteiger partial charge in [0.2, 0.25) is 5.96 Å². The molecule has 0 aromatic carbocycles. The maximum atomic E-state index is 12.3. The Morgan fingerprint density at radius 3 is 2.33 bits per heavy atom. The van der Waals surface area contributed by atoms with E-state index in [4.69, 9.17) is 0 Å². The number of carbonyl (C=O) groups is 2. The Labute approximate surface area is 126 Å². The van der Waals surface area contributed by atoms with Crippen LogP contribution in [0.4, 0.5) is 9.59 Å². The predicted molar refractivity (Wildman–Crippen MR) is 81.2 cm³/mol. The van der Waals surface area contributed by atoms with Gasteiger partial charge in [-0.05, 0) is 18.8 Å². The number of ether oxygens (including phenoxy) is 1. The van der Waals surface area contributed by atoms with Gasteiger partial charge in [-0.1, -0.05) is 19.8 Å². The molecule has 7 heteroatoms. The summed E-state index contributed by atoms with van der Waals surface area (Å²) < 4.78 is 4.52. The Hall–Kier alpha value is -1.79. The summed E-state index contributed by atoms with van der Waals surface area (Å²) in [4.78, 5) is 30.3. The van der Waals surface area contributed by atoms with Crippen molar-refractivity contribution >= 4 is 18.1 Å². The largest absolute Gasteiger partial charge is 0.451 e. The van der Waals surface area contributed by atoms with Crippen LogP contribution in [0.15, 0.2) is 4.99 Å². The molecule has 0 saturated heterocycles. The van der Waals surface area contributed by atoms with Crippen molar-refractivity contribution in [2.45, 2.75) is 38.6 Å². The van der Waals surface area contributed by atoms with E-state index in [9.17, 15) is 9.59 Å². The fourth-order valence-electron chi connectivity index (χ4n) is 2.48. The topological polar surface area (TPSA) is 74.2 Å². The minimum atomic E-state index is -0.732. The van der Waals surface area contributed by atoms with E-state index in [-0.39, 0.29) is 18.0 Å². The normalized spacial score (nSPS) is 22.4. The Kier molecular flexibility index (Phi) is 6.45. The third-order valence-corrected chi connectivity index (χ3v) is 3.79. The first kappa shape index (κ1) is 17.3. The number of aliphatic imine (C=N–C) groups is 1. The van der Waals surface area contributed by atoms with Gasteiger partial charge in [0.1, 0.15) is 0 Å². The summed E-state index contributed by atoms with van der Waals surface area (Å²) in [6.45, 7) is 2.15. The molecule has 2 atom stereocenters. The Bertz CT molecular complexity index is 409. The smallest absolute Gasteiger partial charge is 0.436 e. The first-order valence-electron chi connectivity index (χ1n) is 7.25. The second-order valence-electron chi connectivity index (χ2n) is 5.65. The molecule has 1 fully saturated rings. The van der Waals surface area contributed by atoms with Crippen molar-refractivity contribution < 1.29 is 14.3 Å². The molecule has 0 aromatic rings. The number of nitrogens with one attached hydrogen (secondary N) is 1. The third-order valence-electron chi connectivity index (χ3n) is 3.79. The molecule has 0 radical (unpaired) electrons. The molecule has 1 saturated carbocycles. The third kappa shape index (κ3) is 4.91. The van der Waals surface area contributed by atoms with Crippen molar-refractivity contribution in [3.8, 4) is 0 Å². The zero-order valence-electron chi connectivity index (χ0n) is 13.5. The summed E-state index contributed by atoms with van der Waals surface area (Å²) in [5, 5.41) is 3.02. The fourth-order valence-corrected chi connectivity index (χ4v) is 2.48. The van der Waals surface area contributed by atoms with E-state index >= 15 is 0 Å². The van der Waals surface area contributed by atoms with Gasteiger partial charge < -0.3 is 15.0 Å². The van der Waals surface area contributed by atoms with Gasteiger partial charge >= 0.3 is 12.1 Å². The number of methoxy groups -OCH3 is 1. The summed E-state index contributed by atoms with van der Waals surface area (Å²) in [6.07, 6.45) is 3.74. The van der Waals surface area contributed by atoms with Crippen LogP contribution in [0.2, 0.25) is 0 Å². The summed E-state index contributed by atoms with van der Waals surface area (Å²) in [5.74, 6) is 0.708. The van der Waals surface area contributed by atoms with Gasteiger partial charge in [-0.25, -0.2) is 9.59 Å². The first-order valence-corrected chi connectivity index (χ1v) is 7.25. The SMILES string of the molecule is COC(=O)N=C(N(C)C)N(C)C(=O)NC1CCCCC1C. The van der Waals surface area contributed by atoms with Gasteiger partial charge in [-0.3, -0.25) is 4.90 Å². The molecule has 3 amide bonds. The molecule has 7 nitrogen and oxygen atoms in total. The highest BCUT2D eigenvalue weighted by atomic mass is 16.5. The van der Waals surface area contributed by atoms with Crippen molar-refractivity contribution in [2.24, 2.45) is 10.9 Å². The summed E-state index contributed by atoms with van der Waals surface area (Å²) in [5.41, 5.74) is 0. The fraction of sp³-hybridized carbons (Fsp3) is 0.786. The van der Waals surface area contributed by atoms with E-state index in [0.29, 0.717) is 5.92 Å². The zero-order chi connectivity index (χ0) is 16.0. The number of rotatable bonds is 1. The maximum absolute atomic E-state index is 12.3. The number of nitrogens with zero attached hydrogens (tertiary/aromatic N) is 3. The molecule has 1 N–H and O–H groups in total. The van der Waals surface area contributed by atoms with Crippen LogP contribution in [0.3, 0.4) is 0 Å². The summed E-state index contributed by atoms with van der Waals surface area (Å²) in [6, 6.07) is -0.0830. The van der Waals surface area contributed by atoms with E-state index < -0.39 is 6.09 Å². The average molecular weight is 298 g/mol.